The number of hydrogen-bond donors (Lipinski definition) is 2. The van der Waals surface area contributed by atoms with Crippen LogP contribution < -0.4 is 15.5 Å². The summed E-state index contributed by atoms with van der Waals surface area (Å²) in [7, 11) is 0. The molecule has 0 saturated carbocycles. The van der Waals surface area contributed by atoms with E-state index in [1.807, 2.05) is 65.6 Å². The number of rotatable bonds is 3. The van der Waals surface area contributed by atoms with E-state index >= 15 is 0 Å². The Morgan fingerprint density at radius 1 is 0.871 bits per heavy atom. The zero-order chi connectivity index (χ0) is 21.8. The van der Waals surface area contributed by atoms with Crippen LogP contribution in [-0.2, 0) is 4.79 Å². The van der Waals surface area contributed by atoms with Crippen LogP contribution in [0, 0.1) is 0 Å². The molecule has 3 aromatic rings. The van der Waals surface area contributed by atoms with Gasteiger partial charge in [-0.1, -0.05) is 36.4 Å². The molecule has 158 valence electrons. The maximum atomic E-state index is 12.7. The van der Waals surface area contributed by atoms with Crippen LogP contribution in [0.2, 0.25) is 0 Å². The van der Waals surface area contributed by atoms with E-state index in [1.54, 1.807) is 13.0 Å². The summed E-state index contributed by atoms with van der Waals surface area (Å²) in [5, 5.41) is 7.98. The van der Waals surface area contributed by atoms with Gasteiger partial charge in [0.1, 0.15) is 0 Å². The predicted octanol–water partition coefficient (Wildman–Crippen LogP) is 3.64. The van der Waals surface area contributed by atoms with Gasteiger partial charge in [-0.25, -0.2) is 0 Å². The van der Waals surface area contributed by atoms with Crippen molar-refractivity contribution >= 4 is 51.3 Å². The van der Waals surface area contributed by atoms with E-state index in [9.17, 15) is 9.59 Å². The number of thiocarbonyl (C=S) groups is 1. The minimum Gasteiger partial charge on any atom is -0.368 e. The van der Waals surface area contributed by atoms with Crippen LogP contribution in [0.3, 0.4) is 0 Å². The largest absolute Gasteiger partial charge is 0.368 e. The van der Waals surface area contributed by atoms with Gasteiger partial charge in [-0.3, -0.25) is 14.9 Å². The molecule has 3 aromatic carbocycles. The molecule has 1 saturated heterocycles. The number of amides is 2. The number of piperazine rings is 1. The first-order valence-corrected chi connectivity index (χ1v) is 10.6. The molecule has 2 amide bonds. The topological polar surface area (TPSA) is 64.7 Å². The molecule has 1 aliphatic rings. The lowest BCUT2D eigenvalue weighted by Crippen LogP contribution is -2.48. The maximum Gasteiger partial charge on any atom is 0.258 e. The van der Waals surface area contributed by atoms with E-state index in [0.29, 0.717) is 5.56 Å². The van der Waals surface area contributed by atoms with Crippen LogP contribution in [-0.4, -0.2) is 48.0 Å². The van der Waals surface area contributed by atoms with Gasteiger partial charge in [0.25, 0.3) is 5.91 Å². The fourth-order valence-electron chi connectivity index (χ4n) is 3.79. The van der Waals surface area contributed by atoms with Gasteiger partial charge in [-0.15, -0.1) is 0 Å². The van der Waals surface area contributed by atoms with E-state index in [0.717, 1.165) is 48.3 Å². The Morgan fingerprint density at radius 2 is 1.55 bits per heavy atom. The average Bonchev–Trinajstić information content (AvgIpc) is 2.79. The lowest BCUT2D eigenvalue weighted by molar-refractivity contribution is -0.129. The maximum absolute atomic E-state index is 12.7. The Balaban J connectivity index is 1.36. The summed E-state index contributed by atoms with van der Waals surface area (Å²) >= 11 is 5.34. The minimum atomic E-state index is -0.241. The summed E-state index contributed by atoms with van der Waals surface area (Å²) in [4.78, 5) is 28.3. The fourth-order valence-corrected chi connectivity index (χ4v) is 4.00. The van der Waals surface area contributed by atoms with E-state index < -0.39 is 0 Å². The Labute approximate surface area is 186 Å². The van der Waals surface area contributed by atoms with E-state index in [2.05, 4.69) is 15.5 Å². The molecule has 0 bridgehead atoms. The van der Waals surface area contributed by atoms with E-state index in [1.165, 1.54) is 0 Å². The number of benzene rings is 3. The third kappa shape index (κ3) is 4.83. The molecule has 0 atom stereocenters. The van der Waals surface area contributed by atoms with Crippen LogP contribution in [0.1, 0.15) is 17.3 Å². The van der Waals surface area contributed by atoms with Gasteiger partial charge in [0.2, 0.25) is 5.91 Å². The molecule has 6 nitrogen and oxygen atoms in total. The Bertz CT molecular complexity index is 1120. The minimum absolute atomic E-state index is 0.123. The van der Waals surface area contributed by atoms with E-state index in [4.69, 9.17) is 12.2 Å². The lowest BCUT2D eigenvalue weighted by Gasteiger charge is -2.35. The Morgan fingerprint density at radius 3 is 2.26 bits per heavy atom. The van der Waals surface area contributed by atoms with Crippen molar-refractivity contribution in [1.82, 2.24) is 10.2 Å². The normalized spacial score (nSPS) is 13.7. The summed E-state index contributed by atoms with van der Waals surface area (Å²) in [5.74, 6) is -0.118. The highest BCUT2D eigenvalue weighted by molar-refractivity contribution is 7.80. The predicted molar refractivity (Wildman–Crippen MR) is 129 cm³/mol. The molecular weight excluding hydrogens is 408 g/mol. The monoisotopic (exact) mass is 432 g/mol. The highest BCUT2D eigenvalue weighted by Gasteiger charge is 2.18. The van der Waals surface area contributed by atoms with Crippen molar-refractivity contribution in [3.8, 4) is 0 Å². The first-order chi connectivity index (χ1) is 15.0. The van der Waals surface area contributed by atoms with Crippen molar-refractivity contribution < 1.29 is 9.59 Å². The second-order valence-electron chi connectivity index (χ2n) is 7.47. The van der Waals surface area contributed by atoms with Crippen LogP contribution in [0.4, 0.5) is 11.4 Å². The standard InChI is InChI=1S/C24H24N4O2S/c1-17(29)27-13-15-28(16-14-27)20-11-9-19(10-12-20)25-24(31)26-23(30)22-8-4-6-18-5-2-3-7-21(18)22/h2-12H,13-16H2,1H3,(H2,25,26,30,31). The van der Waals surface area contributed by atoms with Gasteiger partial charge in [0.05, 0.1) is 0 Å². The summed E-state index contributed by atoms with van der Waals surface area (Å²) in [6, 6.07) is 21.3. The van der Waals surface area contributed by atoms with Crippen LogP contribution in [0.5, 0.6) is 0 Å². The van der Waals surface area contributed by atoms with Gasteiger partial charge in [-0.05, 0) is 53.3 Å². The number of anilines is 2. The number of nitrogens with one attached hydrogen (secondary N) is 2. The molecule has 0 radical (unpaired) electrons. The summed E-state index contributed by atoms with van der Waals surface area (Å²) in [6.07, 6.45) is 0. The van der Waals surface area contributed by atoms with Crippen LogP contribution in [0.25, 0.3) is 10.8 Å². The van der Waals surface area contributed by atoms with Crippen molar-refractivity contribution in [3.63, 3.8) is 0 Å². The fraction of sp³-hybridized carbons (Fsp3) is 0.208. The zero-order valence-electron chi connectivity index (χ0n) is 17.3. The van der Waals surface area contributed by atoms with Crippen molar-refractivity contribution in [3.05, 3.63) is 72.3 Å². The highest BCUT2D eigenvalue weighted by atomic mass is 32.1. The molecule has 7 heteroatoms. The van der Waals surface area contributed by atoms with Gasteiger partial charge in [-0.2, -0.15) is 0 Å². The highest BCUT2D eigenvalue weighted by Crippen LogP contribution is 2.20. The zero-order valence-corrected chi connectivity index (χ0v) is 18.1. The number of carbonyl (C=O) groups excluding carboxylic acids is 2. The third-order valence-corrected chi connectivity index (χ3v) is 5.68. The molecule has 0 aromatic heterocycles. The smallest absolute Gasteiger partial charge is 0.258 e. The third-order valence-electron chi connectivity index (χ3n) is 5.48. The number of nitrogens with zero attached hydrogens (tertiary/aromatic N) is 2. The molecule has 0 aliphatic carbocycles. The van der Waals surface area contributed by atoms with Crippen molar-refractivity contribution in [2.45, 2.75) is 6.92 Å². The van der Waals surface area contributed by atoms with Crippen LogP contribution in [0.15, 0.2) is 66.7 Å². The molecule has 31 heavy (non-hydrogen) atoms. The van der Waals surface area contributed by atoms with E-state index in [-0.39, 0.29) is 16.9 Å². The molecule has 1 heterocycles. The van der Waals surface area contributed by atoms with Gasteiger partial charge in [0, 0.05) is 50.0 Å². The Hall–Kier alpha value is -3.45. The molecule has 2 N–H and O–H groups in total. The van der Waals surface area contributed by atoms with Gasteiger partial charge < -0.3 is 15.1 Å². The van der Waals surface area contributed by atoms with Gasteiger partial charge in [0.15, 0.2) is 5.11 Å². The molecule has 0 spiro atoms. The molecule has 4 rings (SSSR count). The Kier molecular flexibility index (Phi) is 6.13. The van der Waals surface area contributed by atoms with Crippen molar-refractivity contribution in [1.29, 1.82) is 0 Å². The van der Waals surface area contributed by atoms with Crippen molar-refractivity contribution in [2.75, 3.05) is 36.4 Å². The molecular formula is C24H24N4O2S. The van der Waals surface area contributed by atoms with Crippen molar-refractivity contribution in [2.24, 2.45) is 0 Å². The molecule has 1 fully saturated rings. The second kappa shape index (κ2) is 9.14. The molecule has 0 unspecified atom stereocenters. The average molecular weight is 433 g/mol. The quantitative estimate of drug-likeness (QED) is 0.619. The number of carbonyl (C=O) groups is 2. The van der Waals surface area contributed by atoms with Crippen LogP contribution >= 0.6 is 12.2 Å². The molecule has 1 aliphatic heterocycles. The number of fused-ring (bicyclic) bond motifs is 1. The first kappa shape index (κ1) is 20.8. The van der Waals surface area contributed by atoms with Gasteiger partial charge >= 0.3 is 0 Å². The second-order valence-corrected chi connectivity index (χ2v) is 7.88. The summed E-state index contributed by atoms with van der Waals surface area (Å²) in [6.45, 7) is 4.70. The SMILES string of the molecule is CC(=O)N1CCN(c2ccc(NC(=S)NC(=O)c3cccc4ccccc34)cc2)CC1. The summed E-state index contributed by atoms with van der Waals surface area (Å²) < 4.78 is 0. The summed E-state index contributed by atoms with van der Waals surface area (Å²) in [5.41, 5.74) is 2.48. The number of hydrogen-bond acceptors (Lipinski definition) is 4. The lowest BCUT2D eigenvalue weighted by atomic mass is 10.0. The first-order valence-electron chi connectivity index (χ1n) is 10.2.